The summed E-state index contributed by atoms with van der Waals surface area (Å²) in [5.41, 5.74) is 3.63. The molecule has 4 heteroatoms. The van der Waals surface area contributed by atoms with Crippen LogP contribution in [0.4, 0.5) is 5.69 Å². The number of carbonyl (C=O) groups excluding carboxylic acids is 1. The summed E-state index contributed by atoms with van der Waals surface area (Å²) < 4.78 is 12.0. The van der Waals surface area contributed by atoms with E-state index >= 15 is 0 Å². The summed E-state index contributed by atoms with van der Waals surface area (Å²) >= 11 is 0. The van der Waals surface area contributed by atoms with Gasteiger partial charge in [-0.1, -0.05) is 54.6 Å². The fourth-order valence-corrected chi connectivity index (χ4v) is 3.76. The van der Waals surface area contributed by atoms with Gasteiger partial charge in [-0.3, -0.25) is 4.79 Å². The van der Waals surface area contributed by atoms with Crippen LogP contribution in [0, 0.1) is 0 Å². The van der Waals surface area contributed by atoms with Crippen LogP contribution in [0.2, 0.25) is 0 Å². The molecule has 0 saturated carbocycles. The van der Waals surface area contributed by atoms with Gasteiger partial charge < -0.3 is 14.1 Å². The standard InChI is InChI=1S/C24H19NO3/c26-24(25-15-14-17-8-4-6-12-21(17)25)23-20(16-27-18-9-2-1-3-10-18)19-11-5-7-13-22(19)28-23/h1-13H,14-16H2. The third kappa shape index (κ3) is 2.83. The molecule has 1 aliphatic rings. The zero-order chi connectivity index (χ0) is 18.9. The van der Waals surface area contributed by atoms with E-state index in [4.69, 9.17) is 9.15 Å². The molecule has 0 bridgehead atoms. The number of fused-ring (bicyclic) bond motifs is 2. The van der Waals surface area contributed by atoms with Crippen molar-refractivity contribution in [3.05, 3.63) is 95.7 Å². The lowest BCUT2D eigenvalue weighted by Gasteiger charge is -2.16. The number of carbonyl (C=O) groups is 1. The Morgan fingerprint density at radius 3 is 2.57 bits per heavy atom. The Kier molecular flexibility index (Phi) is 4.09. The molecule has 1 amide bonds. The molecule has 1 aliphatic heterocycles. The van der Waals surface area contributed by atoms with Crippen LogP contribution in [0.5, 0.6) is 5.75 Å². The number of rotatable bonds is 4. The van der Waals surface area contributed by atoms with Crippen molar-refractivity contribution < 1.29 is 13.9 Å². The van der Waals surface area contributed by atoms with Crippen molar-refractivity contribution in [3.8, 4) is 5.75 Å². The molecule has 0 aliphatic carbocycles. The van der Waals surface area contributed by atoms with Gasteiger partial charge in [0.25, 0.3) is 5.91 Å². The molecule has 138 valence electrons. The van der Waals surface area contributed by atoms with Crippen molar-refractivity contribution in [2.24, 2.45) is 0 Å². The Morgan fingerprint density at radius 1 is 0.929 bits per heavy atom. The molecule has 4 nitrogen and oxygen atoms in total. The molecule has 0 atom stereocenters. The van der Waals surface area contributed by atoms with Gasteiger partial charge in [0.15, 0.2) is 5.76 Å². The number of para-hydroxylation sites is 3. The summed E-state index contributed by atoms with van der Waals surface area (Å²) in [6.07, 6.45) is 0.859. The van der Waals surface area contributed by atoms with Crippen LogP contribution in [0.15, 0.2) is 83.3 Å². The van der Waals surface area contributed by atoms with Crippen molar-refractivity contribution in [1.29, 1.82) is 0 Å². The molecule has 3 aromatic carbocycles. The zero-order valence-corrected chi connectivity index (χ0v) is 15.3. The predicted molar refractivity (Wildman–Crippen MR) is 109 cm³/mol. The number of benzene rings is 3. The van der Waals surface area contributed by atoms with Crippen LogP contribution in [0.25, 0.3) is 11.0 Å². The first-order valence-electron chi connectivity index (χ1n) is 9.39. The van der Waals surface area contributed by atoms with E-state index in [2.05, 4.69) is 6.07 Å². The Bertz CT molecular complexity index is 1150. The van der Waals surface area contributed by atoms with Gasteiger partial charge in [-0.05, 0) is 36.2 Å². The highest BCUT2D eigenvalue weighted by Gasteiger charge is 2.30. The lowest BCUT2D eigenvalue weighted by atomic mass is 10.1. The van der Waals surface area contributed by atoms with Crippen LogP contribution in [-0.2, 0) is 13.0 Å². The first-order valence-corrected chi connectivity index (χ1v) is 9.39. The molecule has 1 aromatic heterocycles. The van der Waals surface area contributed by atoms with E-state index in [1.165, 1.54) is 5.56 Å². The second kappa shape index (κ2) is 6.89. The van der Waals surface area contributed by atoms with Crippen LogP contribution in [-0.4, -0.2) is 12.5 Å². The third-order valence-electron chi connectivity index (χ3n) is 5.15. The van der Waals surface area contributed by atoms with Crippen molar-refractivity contribution in [2.75, 3.05) is 11.4 Å². The normalized spacial score (nSPS) is 12.9. The highest BCUT2D eigenvalue weighted by molar-refractivity contribution is 6.09. The van der Waals surface area contributed by atoms with Crippen LogP contribution >= 0.6 is 0 Å². The van der Waals surface area contributed by atoms with Crippen molar-refractivity contribution in [2.45, 2.75) is 13.0 Å². The molecular weight excluding hydrogens is 350 g/mol. The van der Waals surface area contributed by atoms with Gasteiger partial charge in [0.1, 0.15) is 17.9 Å². The average Bonchev–Trinajstić information content (AvgIpc) is 3.34. The molecule has 0 saturated heterocycles. The Hall–Kier alpha value is -3.53. The summed E-state index contributed by atoms with van der Waals surface area (Å²) in [7, 11) is 0. The van der Waals surface area contributed by atoms with Gasteiger partial charge in [-0.2, -0.15) is 0 Å². The molecule has 0 radical (unpaired) electrons. The smallest absolute Gasteiger partial charge is 0.294 e. The summed E-state index contributed by atoms with van der Waals surface area (Å²) in [5, 5.41) is 0.911. The molecule has 5 rings (SSSR count). The number of furan rings is 1. The van der Waals surface area contributed by atoms with Crippen LogP contribution in [0.3, 0.4) is 0 Å². The SMILES string of the molecule is O=C(c1oc2ccccc2c1COc1ccccc1)N1CCc2ccccc21. The van der Waals surface area contributed by atoms with E-state index in [0.29, 0.717) is 17.9 Å². The monoisotopic (exact) mass is 369 g/mol. The lowest BCUT2D eigenvalue weighted by Crippen LogP contribution is -2.29. The molecule has 2 heterocycles. The zero-order valence-electron chi connectivity index (χ0n) is 15.3. The summed E-state index contributed by atoms with van der Waals surface area (Å²) in [4.78, 5) is 15.2. The van der Waals surface area contributed by atoms with Gasteiger partial charge >= 0.3 is 0 Å². The first-order chi connectivity index (χ1) is 13.8. The minimum absolute atomic E-state index is 0.118. The summed E-state index contributed by atoms with van der Waals surface area (Å²) in [6, 6.07) is 25.3. The number of anilines is 1. The van der Waals surface area contributed by atoms with E-state index in [9.17, 15) is 4.79 Å². The van der Waals surface area contributed by atoms with E-state index in [0.717, 1.165) is 28.8 Å². The number of hydrogen-bond acceptors (Lipinski definition) is 3. The second-order valence-corrected chi connectivity index (χ2v) is 6.84. The van der Waals surface area contributed by atoms with Gasteiger partial charge in [0, 0.05) is 23.2 Å². The van der Waals surface area contributed by atoms with E-state index < -0.39 is 0 Å². The Morgan fingerprint density at radius 2 is 1.68 bits per heavy atom. The van der Waals surface area contributed by atoms with E-state index in [-0.39, 0.29) is 12.5 Å². The molecule has 0 spiro atoms. The molecule has 0 unspecified atom stereocenters. The van der Waals surface area contributed by atoms with Gasteiger partial charge in [0.05, 0.1) is 0 Å². The van der Waals surface area contributed by atoms with Crippen LogP contribution in [0.1, 0.15) is 21.7 Å². The topological polar surface area (TPSA) is 42.7 Å². The van der Waals surface area contributed by atoms with Gasteiger partial charge in [0.2, 0.25) is 0 Å². The van der Waals surface area contributed by atoms with Crippen molar-refractivity contribution in [1.82, 2.24) is 0 Å². The summed E-state index contributed by atoms with van der Waals surface area (Å²) in [5.74, 6) is 0.999. The molecule has 4 aromatic rings. The maximum atomic E-state index is 13.4. The number of ether oxygens (including phenoxy) is 1. The predicted octanol–water partition coefficient (Wildman–Crippen LogP) is 5.21. The number of nitrogens with zero attached hydrogens (tertiary/aromatic N) is 1. The quantitative estimate of drug-likeness (QED) is 0.496. The fourth-order valence-electron chi connectivity index (χ4n) is 3.76. The average molecular weight is 369 g/mol. The van der Waals surface area contributed by atoms with Gasteiger partial charge in [-0.25, -0.2) is 0 Å². The Labute approximate surface area is 163 Å². The first kappa shape index (κ1) is 16.6. The highest BCUT2D eigenvalue weighted by atomic mass is 16.5. The van der Waals surface area contributed by atoms with Crippen LogP contribution < -0.4 is 9.64 Å². The minimum atomic E-state index is -0.118. The summed E-state index contributed by atoms with van der Waals surface area (Å²) in [6.45, 7) is 0.936. The third-order valence-corrected chi connectivity index (χ3v) is 5.15. The molecular formula is C24H19NO3. The van der Waals surface area contributed by atoms with E-state index in [1.807, 2.05) is 72.8 Å². The lowest BCUT2D eigenvalue weighted by molar-refractivity contribution is 0.0961. The largest absolute Gasteiger partial charge is 0.489 e. The van der Waals surface area contributed by atoms with E-state index in [1.54, 1.807) is 4.90 Å². The maximum Gasteiger partial charge on any atom is 0.294 e. The second-order valence-electron chi connectivity index (χ2n) is 6.84. The fraction of sp³-hybridized carbons (Fsp3) is 0.125. The highest BCUT2D eigenvalue weighted by Crippen LogP contribution is 2.33. The molecule has 0 fully saturated rings. The number of hydrogen-bond donors (Lipinski definition) is 0. The number of amides is 1. The van der Waals surface area contributed by atoms with Gasteiger partial charge in [-0.15, -0.1) is 0 Å². The Balaban J connectivity index is 1.53. The maximum absolute atomic E-state index is 13.4. The molecule has 0 N–H and O–H groups in total. The van der Waals surface area contributed by atoms with Crippen molar-refractivity contribution >= 4 is 22.6 Å². The molecule has 28 heavy (non-hydrogen) atoms. The minimum Gasteiger partial charge on any atom is -0.489 e. The van der Waals surface area contributed by atoms with Crippen molar-refractivity contribution in [3.63, 3.8) is 0 Å².